The summed E-state index contributed by atoms with van der Waals surface area (Å²) in [6.07, 6.45) is 0. The van der Waals surface area contributed by atoms with Crippen molar-refractivity contribution >= 4 is 27.5 Å². The quantitative estimate of drug-likeness (QED) is 0.667. The van der Waals surface area contributed by atoms with Crippen molar-refractivity contribution < 1.29 is 4.79 Å². The van der Waals surface area contributed by atoms with Crippen LogP contribution in [-0.4, -0.2) is 41.6 Å². The van der Waals surface area contributed by atoms with Crippen molar-refractivity contribution in [3.05, 3.63) is 59.1 Å². The number of nitrogens with zero attached hydrogens (tertiary/aromatic N) is 2. The summed E-state index contributed by atoms with van der Waals surface area (Å²) in [5.41, 5.74) is 3.07. The molecule has 3 rings (SSSR count). The third-order valence-corrected chi connectivity index (χ3v) is 5.40. The summed E-state index contributed by atoms with van der Waals surface area (Å²) in [5.74, 6) is 0.00601. The molecule has 0 aliphatic rings. The van der Waals surface area contributed by atoms with Crippen LogP contribution in [0.5, 0.6) is 0 Å². The summed E-state index contributed by atoms with van der Waals surface area (Å²) in [6.45, 7) is 8.56. The van der Waals surface area contributed by atoms with E-state index in [1.165, 1.54) is 5.56 Å². The van der Waals surface area contributed by atoms with Gasteiger partial charge in [-0.15, -0.1) is 11.3 Å². The zero-order valence-electron chi connectivity index (χ0n) is 14.9. The molecule has 0 fully saturated rings. The average Bonchev–Trinajstić information content (AvgIpc) is 3.22. The van der Waals surface area contributed by atoms with Crippen molar-refractivity contribution in [3.8, 4) is 0 Å². The molecule has 3 aromatic rings. The van der Waals surface area contributed by atoms with Crippen LogP contribution in [0.4, 0.5) is 0 Å². The number of thiophene rings is 1. The van der Waals surface area contributed by atoms with Gasteiger partial charge in [0, 0.05) is 19.6 Å². The van der Waals surface area contributed by atoms with Crippen LogP contribution in [0, 0.1) is 0 Å². The Labute approximate surface area is 153 Å². The van der Waals surface area contributed by atoms with E-state index in [-0.39, 0.29) is 5.91 Å². The Morgan fingerprint density at radius 3 is 2.64 bits per heavy atom. The Kier molecular flexibility index (Phi) is 5.89. The Hall–Kier alpha value is -2.11. The fourth-order valence-electron chi connectivity index (χ4n) is 3.06. The minimum atomic E-state index is 0.00601. The fourth-order valence-corrected chi connectivity index (χ4v) is 3.88. The van der Waals surface area contributed by atoms with E-state index in [0.29, 0.717) is 13.1 Å². The molecule has 0 saturated carbocycles. The van der Waals surface area contributed by atoms with Crippen LogP contribution in [0.2, 0.25) is 0 Å². The molecule has 0 saturated heterocycles. The molecule has 0 bridgehead atoms. The fraction of sp³-hybridized carbons (Fsp3) is 0.350. The highest BCUT2D eigenvalue weighted by Gasteiger charge is 2.16. The second-order valence-corrected chi connectivity index (χ2v) is 7.00. The van der Waals surface area contributed by atoms with Gasteiger partial charge in [-0.2, -0.15) is 0 Å². The van der Waals surface area contributed by atoms with Gasteiger partial charge < -0.3 is 14.8 Å². The van der Waals surface area contributed by atoms with Crippen molar-refractivity contribution in [1.82, 2.24) is 14.8 Å². The van der Waals surface area contributed by atoms with Crippen LogP contribution in [0.15, 0.2) is 47.8 Å². The summed E-state index contributed by atoms with van der Waals surface area (Å²) in [7, 11) is 0. The maximum atomic E-state index is 12.7. The van der Waals surface area contributed by atoms with Gasteiger partial charge in [-0.1, -0.05) is 44.2 Å². The Morgan fingerprint density at radius 1 is 1.16 bits per heavy atom. The van der Waals surface area contributed by atoms with Crippen LogP contribution in [0.3, 0.4) is 0 Å². The van der Waals surface area contributed by atoms with Crippen molar-refractivity contribution in [3.63, 3.8) is 0 Å². The molecule has 2 heterocycles. The maximum Gasteiger partial charge on any atom is 0.268 e. The minimum absolute atomic E-state index is 0.00601. The van der Waals surface area contributed by atoms with Gasteiger partial charge in [-0.3, -0.25) is 4.79 Å². The third kappa shape index (κ3) is 4.11. The molecule has 0 radical (unpaired) electrons. The molecular formula is C20H25N3OS. The Balaban J connectivity index is 1.77. The topological polar surface area (TPSA) is 37.3 Å². The van der Waals surface area contributed by atoms with Gasteiger partial charge in [0.15, 0.2) is 0 Å². The molecular weight excluding hydrogens is 330 g/mol. The average molecular weight is 356 g/mol. The maximum absolute atomic E-state index is 12.7. The summed E-state index contributed by atoms with van der Waals surface area (Å²) in [6, 6.07) is 14.4. The van der Waals surface area contributed by atoms with E-state index < -0.39 is 0 Å². The highest BCUT2D eigenvalue weighted by atomic mass is 32.1. The highest BCUT2D eigenvalue weighted by molar-refractivity contribution is 7.17. The lowest BCUT2D eigenvalue weighted by atomic mass is 10.2. The zero-order chi connectivity index (χ0) is 17.6. The normalized spacial score (nSPS) is 11.3. The molecule has 5 heteroatoms. The second kappa shape index (κ2) is 8.32. The lowest BCUT2D eigenvalue weighted by Crippen LogP contribution is -2.35. The van der Waals surface area contributed by atoms with Crippen molar-refractivity contribution in [2.75, 3.05) is 26.2 Å². The SMILES string of the molecule is CCN(CC)CCNC(=O)c1cc2sccc2n1Cc1ccccc1. The first-order valence-corrected chi connectivity index (χ1v) is 9.72. The third-order valence-electron chi connectivity index (χ3n) is 4.55. The second-order valence-electron chi connectivity index (χ2n) is 6.05. The number of amides is 1. The van der Waals surface area contributed by atoms with E-state index in [0.717, 1.165) is 35.5 Å². The number of carbonyl (C=O) groups excluding carboxylic acids is 1. The van der Waals surface area contributed by atoms with Crippen LogP contribution in [0.1, 0.15) is 29.9 Å². The van der Waals surface area contributed by atoms with Crippen LogP contribution in [0.25, 0.3) is 10.2 Å². The van der Waals surface area contributed by atoms with E-state index in [2.05, 4.69) is 52.2 Å². The lowest BCUT2D eigenvalue weighted by molar-refractivity contribution is 0.0940. The molecule has 4 nitrogen and oxygen atoms in total. The molecule has 0 atom stereocenters. The van der Waals surface area contributed by atoms with Gasteiger partial charge in [0.25, 0.3) is 5.91 Å². The Bertz CT molecular complexity index is 818. The van der Waals surface area contributed by atoms with Gasteiger partial charge in [0.2, 0.25) is 0 Å². The molecule has 0 aliphatic heterocycles. The van der Waals surface area contributed by atoms with Gasteiger partial charge in [0.05, 0.1) is 10.2 Å². The van der Waals surface area contributed by atoms with Crippen molar-refractivity contribution in [2.24, 2.45) is 0 Å². The summed E-state index contributed by atoms with van der Waals surface area (Å²) < 4.78 is 3.28. The molecule has 132 valence electrons. The van der Waals surface area contributed by atoms with Gasteiger partial charge in [-0.25, -0.2) is 0 Å². The molecule has 25 heavy (non-hydrogen) atoms. The zero-order valence-corrected chi connectivity index (χ0v) is 15.7. The van der Waals surface area contributed by atoms with E-state index in [9.17, 15) is 4.79 Å². The predicted octanol–water partition coefficient (Wildman–Crippen LogP) is 3.82. The van der Waals surface area contributed by atoms with Crippen molar-refractivity contribution in [2.45, 2.75) is 20.4 Å². The first kappa shape index (κ1) is 17.7. The number of benzene rings is 1. The summed E-state index contributed by atoms with van der Waals surface area (Å²) in [5, 5.41) is 5.16. The number of fused-ring (bicyclic) bond motifs is 1. The molecule has 0 spiro atoms. The number of hydrogen-bond donors (Lipinski definition) is 1. The largest absolute Gasteiger partial charge is 0.349 e. The van der Waals surface area contributed by atoms with Crippen molar-refractivity contribution in [1.29, 1.82) is 0 Å². The predicted molar refractivity (Wildman–Crippen MR) is 105 cm³/mol. The highest BCUT2D eigenvalue weighted by Crippen LogP contribution is 2.26. The monoisotopic (exact) mass is 355 g/mol. The van der Waals surface area contributed by atoms with E-state index >= 15 is 0 Å². The number of aromatic nitrogens is 1. The molecule has 2 aromatic heterocycles. The van der Waals surface area contributed by atoms with Crippen LogP contribution >= 0.6 is 11.3 Å². The molecule has 0 unspecified atom stereocenters. The van der Waals surface area contributed by atoms with Gasteiger partial charge in [0.1, 0.15) is 5.69 Å². The van der Waals surface area contributed by atoms with E-state index in [1.807, 2.05) is 24.3 Å². The number of rotatable bonds is 8. The first-order valence-electron chi connectivity index (χ1n) is 8.84. The minimum Gasteiger partial charge on any atom is -0.349 e. The number of hydrogen-bond acceptors (Lipinski definition) is 3. The molecule has 1 N–H and O–H groups in total. The number of likely N-dealkylation sites (N-methyl/N-ethyl adjacent to an activating group) is 1. The van der Waals surface area contributed by atoms with Crippen LogP contribution in [-0.2, 0) is 6.54 Å². The smallest absolute Gasteiger partial charge is 0.268 e. The molecule has 1 aromatic carbocycles. The van der Waals surface area contributed by atoms with Crippen LogP contribution < -0.4 is 5.32 Å². The van der Waals surface area contributed by atoms with E-state index in [1.54, 1.807) is 11.3 Å². The van der Waals surface area contributed by atoms with Gasteiger partial charge in [-0.05, 0) is 36.2 Å². The summed E-state index contributed by atoms with van der Waals surface area (Å²) in [4.78, 5) is 15.0. The summed E-state index contributed by atoms with van der Waals surface area (Å²) >= 11 is 1.68. The lowest BCUT2D eigenvalue weighted by Gasteiger charge is -2.18. The standard InChI is InChI=1S/C20H25N3OS/c1-3-22(4-2)12-11-21-20(24)18-14-19-17(10-13-25-19)23(18)15-16-8-6-5-7-9-16/h5-10,13-14H,3-4,11-12,15H2,1-2H3,(H,21,24). The van der Waals surface area contributed by atoms with Gasteiger partial charge >= 0.3 is 0 Å². The first-order chi connectivity index (χ1) is 12.2. The molecule has 1 amide bonds. The Morgan fingerprint density at radius 2 is 1.92 bits per heavy atom. The van der Waals surface area contributed by atoms with E-state index in [4.69, 9.17) is 0 Å². The molecule has 0 aliphatic carbocycles. The number of nitrogens with one attached hydrogen (secondary N) is 1. The number of carbonyl (C=O) groups is 1.